The third kappa shape index (κ3) is 3.94. The number of Topliss-reactive ketones (excluding diaryl/α,β-unsaturated/α-hetero) is 1. The van der Waals surface area contributed by atoms with E-state index in [2.05, 4.69) is 15.5 Å². The number of aromatic nitrogens is 2. The minimum absolute atomic E-state index is 0.0751. The van der Waals surface area contributed by atoms with Gasteiger partial charge in [-0.1, -0.05) is 29.4 Å². The molecule has 3 rings (SSSR count). The Morgan fingerprint density at radius 3 is 2.46 bits per heavy atom. The summed E-state index contributed by atoms with van der Waals surface area (Å²) < 4.78 is 10.6. The highest BCUT2D eigenvalue weighted by Gasteiger charge is 2.16. The topological polar surface area (TPSA) is 94.3 Å². The van der Waals surface area contributed by atoms with Gasteiger partial charge in [-0.15, -0.1) is 0 Å². The van der Waals surface area contributed by atoms with Gasteiger partial charge in [-0.25, -0.2) is 0 Å². The number of carbonyl (C=O) groups is 2. The minimum Gasteiger partial charge on any atom is -0.485 e. The van der Waals surface area contributed by atoms with Crippen LogP contribution in [0.2, 0.25) is 0 Å². The fourth-order valence-corrected chi connectivity index (χ4v) is 2.41. The lowest BCUT2D eigenvalue weighted by molar-refractivity contribution is 0.101. The summed E-state index contributed by atoms with van der Waals surface area (Å²) in [4.78, 5) is 28.4. The SMILES string of the molecule is CC(=O)c1ccccc1NC(=O)c1ccccc1OCc1noc(C)n1. The van der Waals surface area contributed by atoms with E-state index in [1.54, 1.807) is 55.5 Å². The van der Waals surface area contributed by atoms with Gasteiger partial charge in [-0.2, -0.15) is 4.98 Å². The molecule has 7 heteroatoms. The first kappa shape index (κ1) is 17.3. The zero-order chi connectivity index (χ0) is 18.5. The Morgan fingerprint density at radius 2 is 1.77 bits per heavy atom. The number of nitrogens with zero attached hydrogens (tertiary/aromatic N) is 2. The van der Waals surface area contributed by atoms with Crippen LogP contribution in [0.5, 0.6) is 5.75 Å². The van der Waals surface area contributed by atoms with Crippen LogP contribution in [0.25, 0.3) is 0 Å². The lowest BCUT2D eigenvalue weighted by Crippen LogP contribution is -2.15. The van der Waals surface area contributed by atoms with E-state index < -0.39 is 0 Å². The molecular formula is C19H17N3O4. The number of amides is 1. The van der Waals surface area contributed by atoms with Crippen molar-refractivity contribution in [1.82, 2.24) is 10.1 Å². The number of para-hydroxylation sites is 2. The predicted octanol–water partition coefficient (Wildman–Crippen LogP) is 3.41. The smallest absolute Gasteiger partial charge is 0.259 e. The van der Waals surface area contributed by atoms with Gasteiger partial charge in [0.2, 0.25) is 11.7 Å². The summed E-state index contributed by atoms with van der Waals surface area (Å²) in [6, 6.07) is 13.7. The van der Waals surface area contributed by atoms with E-state index in [0.717, 1.165) is 0 Å². The van der Waals surface area contributed by atoms with Gasteiger partial charge in [-0.05, 0) is 31.2 Å². The van der Waals surface area contributed by atoms with Crippen molar-refractivity contribution in [3.05, 3.63) is 71.4 Å². The van der Waals surface area contributed by atoms with Crippen molar-refractivity contribution < 1.29 is 18.8 Å². The first-order valence-corrected chi connectivity index (χ1v) is 7.97. The van der Waals surface area contributed by atoms with Crippen LogP contribution in [-0.2, 0) is 6.61 Å². The van der Waals surface area contributed by atoms with Crippen molar-refractivity contribution in [2.24, 2.45) is 0 Å². The van der Waals surface area contributed by atoms with Crippen LogP contribution in [-0.4, -0.2) is 21.8 Å². The van der Waals surface area contributed by atoms with E-state index in [1.165, 1.54) is 6.92 Å². The summed E-state index contributed by atoms with van der Waals surface area (Å²) in [5, 5.41) is 6.52. The van der Waals surface area contributed by atoms with Gasteiger partial charge < -0.3 is 14.6 Å². The Kier molecular flexibility index (Phi) is 5.07. The van der Waals surface area contributed by atoms with Crippen molar-refractivity contribution >= 4 is 17.4 Å². The van der Waals surface area contributed by atoms with Gasteiger partial charge in [0.25, 0.3) is 5.91 Å². The largest absolute Gasteiger partial charge is 0.485 e. The number of aryl methyl sites for hydroxylation is 1. The Bertz CT molecular complexity index is 949. The zero-order valence-corrected chi connectivity index (χ0v) is 14.4. The third-order valence-corrected chi connectivity index (χ3v) is 3.61. The van der Waals surface area contributed by atoms with Crippen LogP contribution in [0.15, 0.2) is 53.1 Å². The van der Waals surface area contributed by atoms with Crippen LogP contribution in [0.1, 0.15) is 39.4 Å². The molecule has 0 spiro atoms. The molecule has 7 nitrogen and oxygen atoms in total. The summed E-state index contributed by atoms with van der Waals surface area (Å²) in [6.07, 6.45) is 0. The van der Waals surface area contributed by atoms with E-state index >= 15 is 0 Å². The Labute approximate surface area is 150 Å². The number of ether oxygens (including phenoxy) is 1. The molecule has 0 bridgehead atoms. The summed E-state index contributed by atoms with van der Waals surface area (Å²) in [5.74, 6) is 0.708. The molecule has 0 aliphatic rings. The number of benzene rings is 2. The number of hydrogen-bond acceptors (Lipinski definition) is 6. The highest BCUT2D eigenvalue weighted by molar-refractivity contribution is 6.10. The lowest BCUT2D eigenvalue weighted by atomic mass is 10.1. The quantitative estimate of drug-likeness (QED) is 0.684. The van der Waals surface area contributed by atoms with E-state index in [-0.39, 0.29) is 18.3 Å². The molecule has 1 amide bonds. The van der Waals surface area contributed by atoms with Crippen LogP contribution in [0.3, 0.4) is 0 Å². The van der Waals surface area contributed by atoms with Crippen LogP contribution >= 0.6 is 0 Å². The standard InChI is InChI=1S/C19H17N3O4/c1-12(23)14-7-3-5-9-16(14)21-19(24)15-8-4-6-10-17(15)25-11-18-20-13(2)26-22-18/h3-10H,11H2,1-2H3,(H,21,24). The summed E-state index contributed by atoms with van der Waals surface area (Å²) in [7, 11) is 0. The molecule has 1 heterocycles. The molecule has 0 radical (unpaired) electrons. The maximum Gasteiger partial charge on any atom is 0.259 e. The monoisotopic (exact) mass is 351 g/mol. The second-order valence-electron chi connectivity index (χ2n) is 5.57. The van der Waals surface area contributed by atoms with E-state index in [0.29, 0.717) is 34.3 Å². The molecule has 0 fully saturated rings. The van der Waals surface area contributed by atoms with Crippen LogP contribution in [0.4, 0.5) is 5.69 Å². The molecule has 0 saturated carbocycles. The highest BCUT2D eigenvalue weighted by Crippen LogP contribution is 2.22. The van der Waals surface area contributed by atoms with Gasteiger partial charge in [0, 0.05) is 12.5 Å². The van der Waals surface area contributed by atoms with Gasteiger partial charge >= 0.3 is 0 Å². The van der Waals surface area contributed by atoms with E-state index in [4.69, 9.17) is 9.26 Å². The maximum atomic E-state index is 12.7. The van der Waals surface area contributed by atoms with E-state index in [9.17, 15) is 9.59 Å². The first-order valence-electron chi connectivity index (χ1n) is 7.97. The van der Waals surface area contributed by atoms with Gasteiger partial charge in [0.05, 0.1) is 11.3 Å². The first-order chi connectivity index (χ1) is 12.5. The molecule has 0 atom stereocenters. The van der Waals surface area contributed by atoms with Crippen molar-refractivity contribution in [3.63, 3.8) is 0 Å². The molecule has 1 N–H and O–H groups in total. The lowest BCUT2D eigenvalue weighted by Gasteiger charge is -2.12. The molecule has 3 aromatic rings. The fourth-order valence-electron chi connectivity index (χ4n) is 2.41. The number of ketones is 1. The molecule has 0 unspecified atom stereocenters. The van der Waals surface area contributed by atoms with Gasteiger partial charge in [0.1, 0.15) is 5.75 Å². The fraction of sp³-hybridized carbons (Fsp3) is 0.158. The predicted molar refractivity (Wildman–Crippen MR) is 94.2 cm³/mol. The van der Waals surface area contributed by atoms with Crippen molar-refractivity contribution in [2.75, 3.05) is 5.32 Å². The molecule has 132 valence electrons. The Morgan fingerprint density at radius 1 is 1.08 bits per heavy atom. The second-order valence-corrected chi connectivity index (χ2v) is 5.57. The molecular weight excluding hydrogens is 334 g/mol. The average molecular weight is 351 g/mol. The van der Waals surface area contributed by atoms with Crippen molar-refractivity contribution in [2.45, 2.75) is 20.5 Å². The van der Waals surface area contributed by atoms with E-state index in [1.807, 2.05) is 0 Å². The van der Waals surface area contributed by atoms with Crippen molar-refractivity contribution in [1.29, 1.82) is 0 Å². The Hall–Kier alpha value is -3.48. The minimum atomic E-state index is -0.376. The number of hydrogen-bond donors (Lipinski definition) is 1. The van der Waals surface area contributed by atoms with Gasteiger partial charge in [-0.3, -0.25) is 9.59 Å². The highest BCUT2D eigenvalue weighted by atomic mass is 16.5. The normalized spacial score (nSPS) is 10.4. The third-order valence-electron chi connectivity index (χ3n) is 3.61. The maximum absolute atomic E-state index is 12.7. The summed E-state index contributed by atoms with van der Waals surface area (Å²) >= 11 is 0. The number of nitrogens with one attached hydrogen (secondary N) is 1. The number of carbonyl (C=O) groups excluding carboxylic acids is 2. The summed E-state index contributed by atoms with van der Waals surface area (Å²) in [5.41, 5.74) is 1.24. The molecule has 0 saturated heterocycles. The molecule has 26 heavy (non-hydrogen) atoms. The van der Waals surface area contributed by atoms with Crippen LogP contribution < -0.4 is 10.1 Å². The Balaban J connectivity index is 1.79. The molecule has 1 aromatic heterocycles. The average Bonchev–Trinajstić information content (AvgIpc) is 3.06. The second kappa shape index (κ2) is 7.60. The van der Waals surface area contributed by atoms with Crippen molar-refractivity contribution in [3.8, 4) is 5.75 Å². The van der Waals surface area contributed by atoms with Crippen LogP contribution in [0, 0.1) is 6.92 Å². The summed E-state index contributed by atoms with van der Waals surface area (Å²) in [6.45, 7) is 3.21. The van der Waals surface area contributed by atoms with Gasteiger partial charge in [0.15, 0.2) is 12.4 Å². The molecule has 2 aromatic carbocycles. The number of anilines is 1. The molecule has 0 aliphatic heterocycles. The zero-order valence-electron chi connectivity index (χ0n) is 14.4. The number of rotatable bonds is 6. The molecule has 0 aliphatic carbocycles.